The van der Waals surface area contributed by atoms with Crippen molar-refractivity contribution >= 4 is 50.8 Å². The first-order valence-electron chi connectivity index (χ1n) is 8.97. The number of unbranched alkanes of at least 4 members (excludes halogenated alkanes) is 1. The molecule has 2 atom stereocenters. The summed E-state index contributed by atoms with van der Waals surface area (Å²) in [5, 5.41) is 10.3. The second-order valence-electron chi connectivity index (χ2n) is 6.59. The number of carbonyl (C=O) groups is 1. The van der Waals surface area contributed by atoms with Crippen molar-refractivity contribution in [2.75, 3.05) is 17.2 Å². The third-order valence-electron chi connectivity index (χ3n) is 4.42. The first kappa shape index (κ1) is 27.1. The minimum Gasteiger partial charge on any atom is -0.513 e. The van der Waals surface area contributed by atoms with Gasteiger partial charge in [0.1, 0.15) is 23.3 Å². The van der Waals surface area contributed by atoms with Gasteiger partial charge in [0.25, 0.3) is 16.0 Å². The van der Waals surface area contributed by atoms with E-state index in [1.165, 1.54) is 29.7 Å². The second kappa shape index (κ2) is 11.3. The summed E-state index contributed by atoms with van der Waals surface area (Å²) in [6, 6.07) is 5.01. The van der Waals surface area contributed by atoms with Crippen LogP contribution in [0.25, 0.3) is 0 Å². The summed E-state index contributed by atoms with van der Waals surface area (Å²) in [6.45, 7) is 3.06. The Hall–Kier alpha value is -0.194. The van der Waals surface area contributed by atoms with Crippen molar-refractivity contribution in [2.45, 2.75) is 31.6 Å². The van der Waals surface area contributed by atoms with Gasteiger partial charge >= 0.3 is 51.4 Å². The van der Waals surface area contributed by atoms with Gasteiger partial charge < -0.3 is 14.7 Å². The number of rotatable bonds is 7. The van der Waals surface area contributed by atoms with E-state index in [1.807, 2.05) is 0 Å². The zero-order chi connectivity index (χ0) is 22.1. The number of carbonyl (C=O) groups excluding carboxylic acids is 1. The summed E-state index contributed by atoms with van der Waals surface area (Å²) in [7, 11) is -4.06. The molecule has 0 spiro atoms. The molecular weight excluding hydrogens is 495 g/mol. The van der Waals surface area contributed by atoms with E-state index in [-0.39, 0.29) is 86.6 Å². The first-order chi connectivity index (χ1) is 14.1. The SMILES string of the molecule is CC(O)N1C(=S)N(c2ccccn2)C(=O)C1=C1C(Cl)O[CH-]N1CCCCS(=O)(=O)O.[K+]. The molecule has 2 aliphatic heterocycles. The Morgan fingerprint density at radius 2 is 2.10 bits per heavy atom. The van der Waals surface area contributed by atoms with E-state index in [0.29, 0.717) is 12.2 Å². The molecule has 14 heteroatoms. The Kier molecular flexibility index (Phi) is 9.85. The maximum absolute atomic E-state index is 13.3. The number of aromatic nitrogens is 1. The molecule has 3 rings (SSSR count). The van der Waals surface area contributed by atoms with E-state index in [0.717, 1.165) is 0 Å². The summed E-state index contributed by atoms with van der Waals surface area (Å²) in [4.78, 5) is 21.5. The molecule has 2 saturated heterocycles. The van der Waals surface area contributed by atoms with Crippen molar-refractivity contribution in [3.05, 3.63) is 42.5 Å². The molecule has 1 aromatic heterocycles. The Morgan fingerprint density at radius 1 is 1.39 bits per heavy atom. The van der Waals surface area contributed by atoms with Gasteiger partial charge in [0.05, 0.1) is 11.4 Å². The zero-order valence-electron chi connectivity index (χ0n) is 16.9. The van der Waals surface area contributed by atoms with E-state index in [2.05, 4.69) is 4.98 Å². The fourth-order valence-corrected chi connectivity index (χ4v) is 4.39. The van der Waals surface area contributed by atoms with E-state index >= 15 is 0 Å². The molecule has 0 aromatic carbocycles. The molecule has 2 aliphatic rings. The molecule has 3 heterocycles. The van der Waals surface area contributed by atoms with Crippen molar-refractivity contribution in [3.63, 3.8) is 0 Å². The number of ether oxygens (including phenoxy) is 1. The number of amides is 1. The number of halogens is 1. The topological polar surface area (TPSA) is 124 Å². The Morgan fingerprint density at radius 3 is 2.68 bits per heavy atom. The predicted molar refractivity (Wildman–Crippen MR) is 112 cm³/mol. The van der Waals surface area contributed by atoms with E-state index < -0.39 is 27.8 Å². The van der Waals surface area contributed by atoms with Gasteiger partial charge in [-0.1, -0.05) is 17.7 Å². The molecule has 0 bridgehead atoms. The second-order valence-corrected chi connectivity index (χ2v) is 8.92. The van der Waals surface area contributed by atoms with Gasteiger partial charge in [-0.25, -0.2) is 9.88 Å². The average molecular weight is 515 g/mol. The predicted octanol–water partition coefficient (Wildman–Crippen LogP) is -1.75. The summed E-state index contributed by atoms with van der Waals surface area (Å²) in [5.74, 6) is -0.613. The van der Waals surface area contributed by atoms with Crippen LogP contribution in [0.4, 0.5) is 5.82 Å². The van der Waals surface area contributed by atoms with Crippen LogP contribution in [0.5, 0.6) is 0 Å². The molecule has 2 N–H and O–H groups in total. The average Bonchev–Trinajstić information content (AvgIpc) is 3.15. The van der Waals surface area contributed by atoms with Gasteiger partial charge in [-0.3, -0.25) is 14.2 Å². The molecule has 164 valence electrons. The number of hydrogen-bond acceptors (Lipinski definition) is 8. The maximum Gasteiger partial charge on any atom is 1.00 e. The molecule has 2 fully saturated rings. The van der Waals surface area contributed by atoms with Crippen LogP contribution in [0.1, 0.15) is 19.8 Å². The van der Waals surface area contributed by atoms with Crippen LogP contribution in [0.2, 0.25) is 0 Å². The van der Waals surface area contributed by atoms with E-state index in [1.54, 1.807) is 23.1 Å². The van der Waals surface area contributed by atoms with Gasteiger partial charge in [-0.05, 0) is 50.7 Å². The van der Waals surface area contributed by atoms with E-state index in [9.17, 15) is 18.3 Å². The minimum absolute atomic E-state index is 0. The molecule has 0 aliphatic carbocycles. The maximum atomic E-state index is 13.3. The molecule has 31 heavy (non-hydrogen) atoms. The van der Waals surface area contributed by atoms with Gasteiger partial charge in [-0.15, -0.1) is 6.73 Å². The zero-order valence-corrected chi connectivity index (χ0v) is 22.4. The number of thiocarbonyl (C=S) groups is 1. The summed E-state index contributed by atoms with van der Waals surface area (Å²) in [6.07, 6.45) is 0.952. The largest absolute Gasteiger partial charge is 1.00 e. The number of aliphatic hydroxyl groups is 1. The quantitative estimate of drug-likeness (QED) is 0.0823. The van der Waals surface area contributed by atoms with Gasteiger partial charge in [0.2, 0.25) is 0 Å². The number of alkyl halides is 1. The van der Waals surface area contributed by atoms with Crippen molar-refractivity contribution < 1.29 is 79.0 Å². The third-order valence-corrected chi connectivity index (χ3v) is 5.92. The smallest absolute Gasteiger partial charge is 0.513 e. The molecule has 1 aromatic rings. The Bertz CT molecular complexity index is 963. The molecule has 2 unspecified atom stereocenters. The fourth-order valence-electron chi connectivity index (χ4n) is 3.13. The van der Waals surface area contributed by atoms with Crippen LogP contribution >= 0.6 is 23.8 Å². The minimum atomic E-state index is -4.06. The number of anilines is 1. The van der Waals surface area contributed by atoms with Crippen molar-refractivity contribution in [1.29, 1.82) is 0 Å². The van der Waals surface area contributed by atoms with Crippen molar-refractivity contribution in [2.24, 2.45) is 0 Å². The van der Waals surface area contributed by atoms with Crippen LogP contribution < -0.4 is 56.3 Å². The van der Waals surface area contributed by atoms with E-state index in [4.69, 9.17) is 33.1 Å². The van der Waals surface area contributed by atoms with Crippen LogP contribution in [0, 0.1) is 6.73 Å². The Labute approximate surface area is 233 Å². The Balaban J connectivity index is 0.00000341. The molecule has 10 nitrogen and oxygen atoms in total. The summed E-state index contributed by atoms with van der Waals surface area (Å²) < 4.78 is 36.0. The molecule has 0 saturated carbocycles. The monoisotopic (exact) mass is 514 g/mol. The van der Waals surface area contributed by atoms with Crippen LogP contribution in [-0.2, 0) is 19.6 Å². The third kappa shape index (κ3) is 6.23. The van der Waals surface area contributed by atoms with Crippen LogP contribution in [0.15, 0.2) is 35.8 Å². The standard InChI is InChI=1S/C17H20ClN4O6S2.K/c1-11(23)21-14(16(24)22(17(21)29)12-6-2-3-7-19-12)13-15(18)28-10-20(13)8-4-5-9-30(25,26)27;/h2-3,6-7,10-11,15,23H,4-5,8-9H2,1H3,(H,25,26,27);/q-1;+1. The number of hydrogen-bond donors (Lipinski definition) is 2. The summed E-state index contributed by atoms with van der Waals surface area (Å²) in [5.41, 5.74) is -0.697. The number of aliphatic hydroxyl groups excluding tert-OH is 1. The molecular formula is C17H20ClKN4O6S2. The van der Waals surface area contributed by atoms with Crippen LogP contribution in [0.3, 0.4) is 0 Å². The normalized spacial score (nSPS) is 22.8. The molecule has 1 amide bonds. The van der Waals surface area contributed by atoms with Crippen molar-refractivity contribution in [1.82, 2.24) is 14.8 Å². The number of nitrogens with zero attached hydrogens (tertiary/aromatic N) is 4. The van der Waals surface area contributed by atoms with Crippen LogP contribution in [-0.4, -0.2) is 68.0 Å². The molecule has 0 radical (unpaired) electrons. The number of pyridine rings is 1. The van der Waals surface area contributed by atoms with Gasteiger partial charge in [-0.2, -0.15) is 8.42 Å². The first-order valence-corrected chi connectivity index (χ1v) is 11.4. The summed E-state index contributed by atoms with van der Waals surface area (Å²) >= 11 is 11.7. The fraction of sp³-hybridized carbons (Fsp3) is 0.412. The van der Waals surface area contributed by atoms with Gasteiger partial charge in [0.15, 0.2) is 5.11 Å². The van der Waals surface area contributed by atoms with Gasteiger partial charge in [0, 0.05) is 6.20 Å². The van der Waals surface area contributed by atoms with Crippen molar-refractivity contribution in [3.8, 4) is 0 Å².